The van der Waals surface area contributed by atoms with Crippen LogP contribution in [0.3, 0.4) is 0 Å². The number of nitrogens with one attached hydrogen (secondary N) is 1. The highest BCUT2D eigenvalue weighted by Crippen LogP contribution is 2.28. The normalized spacial score (nSPS) is 12.4. The molecule has 1 aromatic carbocycles. The second kappa shape index (κ2) is 6.85. The van der Waals surface area contributed by atoms with E-state index in [1.165, 1.54) is 0 Å². The summed E-state index contributed by atoms with van der Waals surface area (Å²) in [5.41, 5.74) is 1.08. The molecule has 1 N–H and O–H groups in total. The molecule has 108 valence electrons. The number of benzene rings is 1. The Bertz CT molecular complexity index is 571. The average Bonchev–Trinajstić information content (AvgIpc) is 2.93. The maximum atomic E-state index is 5.81. The van der Waals surface area contributed by atoms with E-state index in [9.17, 15) is 0 Å². The molecule has 0 spiro atoms. The van der Waals surface area contributed by atoms with Crippen molar-refractivity contribution < 1.29 is 9.26 Å². The maximum Gasteiger partial charge on any atom is 0.226 e. The van der Waals surface area contributed by atoms with Crippen LogP contribution >= 0.6 is 15.9 Å². The summed E-state index contributed by atoms with van der Waals surface area (Å²) in [6.07, 6.45) is 0.729. The molecule has 6 heteroatoms. The van der Waals surface area contributed by atoms with Gasteiger partial charge in [0.25, 0.3) is 0 Å². The minimum Gasteiger partial charge on any atom is -0.485 e. The van der Waals surface area contributed by atoms with Crippen molar-refractivity contribution in [2.75, 3.05) is 7.05 Å². The zero-order valence-electron chi connectivity index (χ0n) is 11.8. The topological polar surface area (TPSA) is 60.2 Å². The second-order valence-corrected chi connectivity index (χ2v) is 5.35. The Kier molecular flexibility index (Phi) is 5.14. The summed E-state index contributed by atoms with van der Waals surface area (Å²) in [4.78, 5) is 4.23. The van der Waals surface area contributed by atoms with Gasteiger partial charge in [-0.15, -0.1) is 0 Å². The molecule has 0 amide bonds. The summed E-state index contributed by atoms with van der Waals surface area (Å²) < 4.78 is 11.9. The summed E-state index contributed by atoms with van der Waals surface area (Å²) in [6.45, 7) is 4.35. The van der Waals surface area contributed by atoms with E-state index in [0.29, 0.717) is 18.3 Å². The molecule has 2 rings (SSSR count). The lowest BCUT2D eigenvalue weighted by molar-refractivity contribution is 0.280. The lowest BCUT2D eigenvalue weighted by Gasteiger charge is -2.16. The third kappa shape index (κ3) is 3.58. The number of ether oxygens (including phenoxy) is 1. The lowest BCUT2D eigenvalue weighted by Crippen LogP contribution is -2.14. The molecule has 5 nitrogen and oxygen atoms in total. The first kappa shape index (κ1) is 15.0. The number of aromatic nitrogens is 2. The average molecular weight is 340 g/mol. The van der Waals surface area contributed by atoms with E-state index in [0.717, 1.165) is 22.2 Å². The second-order valence-electron chi connectivity index (χ2n) is 4.44. The van der Waals surface area contributed by atoms with Crippen LogP contribution in [-0.2, 0) is 13.0 Å². The van der Waals surface area contributed by atoms with E-state index in [-0.39, 0.29) is 6.04 Å². The van der Waals surface area contributed by atoms with Gasteiger partial charge in [-0.3, -0.25) is 0 Å². The van der Waals surface area contributed by atoms with Crippen LogP contribution < -0.4 is 10.1 Å². The minimum absolute atomic E-state index is 0.193. The number of hydrogen-bond donors (Lipinski definition) is 1. The molecule has 1 unspecified atom stereocenters. The Morgan fingerprint density at radius 3 is 2.90 bits per heavy atom. The standard InChI is InChI=1S/C14H18BrN3O2/c1-4-14-17-13(18-20-14)8-19-12-6-5-10(15)7-11(12)9(2)16-3/h5-7,9,16H,4,8H2,1-3H3. The van der Waals surface area contributed by atoms with E-state index >= 15 is 0 Å². The predicted molar refractivity (Wildman–Crippen MR) is 79.6 cm³/mol. The van der Waals surface area contributed by atoms with Gasteiger partial charge in [0, 0.05) is 22.5 Å². The number of nitrogens with zero attached hydrogens (tertiary/aromatic N) is 2. The third-order valence-electron chi connectivity index (χ3n) is 3.04. The molecule has 1 aromatic heterocycles. The molecule has 20 heavy (non-hydrogen) atoms. The Hall–Kier alpha value is -1.40. The smallest absolute Gasteiger partial charge is 0.226 e. The van der Waals surface area contributed by atoms with Crippen molar-refractivity contribution in [3.05, 3.63) is 40.0 Å². The first-order valence-electron chi connectivity index (χ1n) is 6.55. The number of rotatable bonds is 6. The van der Waals surface area contributed by atoms with Gasteiger partial charge in [0.2, 0.25) is 11.7 Å². The van der Waals surface area contributed by atoms with E-state index < -0.39 is 0 Å². The molecule has 0 aliphatic heterocycles. The first-order chi connectivity index (χ1) is 9.63. The molecule has 0 aliphatic rings. The Balaban J connectivity index is 2.12. The molecule has 0 aliphatic carbocycles. The van der Waals surface area contributed by atoms with Crippen LogP contribution in [0.1, 0.15) is 37.2 Å². The van der Waals surface area contributed by atoms with Gasteiger partial charge in [0.05, 0.1) is 0 Å². The van der Waals surface area contributed by atoms with Crippen LogP contribution in [0.15, 0.2) is 27.2 Å². The van der Waals surface area contributed by atoms with Crippen molar-refractivity contribution in [2.45, 2.75) is 32.9 Å². The fourth-order valence-corrected chi connectivity index (χ4v) is 2.16. The van der Waals surface area contributed by atoms with E-state index in [4.69, 9.17) is 9.26 Å². The summed E-state index contributed by atoms with van der Waals surface area (Å²) in [7, 11) is 1.92. The van der Waals surface area contributed by atoms with Gasteiger partial charge in [0.1, 0.15) is 5.75 Å². The molecule has 0 saturated heterocycles. The molecular weight excluding hydrogens is 322 g/mol. The van der Waals surface area contributed by atoms with Crippen molar-refractivity contribution >= 4 is 15.9 Å². The highest BCUT2D eigenvalue weighted by Gasteiger charge is 2.12. The van der Waals surface area contributed by atoms with Gasteiger partial charge >= 0.3 is 0 Å². The quantitative estimate of drug-likeness (QED) is 0.875. The Labute approximate surface area is 126 Å². The van der Waals surface area contributed by atoms with Crippen molar-refractivity contribution in [2.24, 2.45) is 0 Å². The molecule has 0 fully saturated rings. The van der Waals surface area contributed by atoms with E-state index in [2.05, 4.69) is 38.3 Å². The van der Waals surface area contributed by atoms with Crippen molar-refractivity contribution in [1.82, 2.24) is 15.5 Å². The zero-order chi connectivity index (χ0) is 14.5. The summed E-state index contributed by atoms with van der Waals surface area (Å²) in [6, 6.07) is 6.13. The van der Waals surface area contributed by atoms with Crippen LogP contribution in [-0.4, -0.2) is 17.2 Å². The maximum absolute atomic E-state index is 5.81. The van der Waals surface area contributed by atoms with Crippen LogP contribution in [0.4, 0.5) is 0 Å². The van der Waals surface area contributed by atoms with Crippen LogP contribution in [0.5, 0.6) is 5.75 Å². The van der Waals surface area contributed by atoms with Crippen LogP contribution in [0.25, 0.3) is 0 Å². The van der Waals surface area contributed by atoms with Gasteiger partial charge in [0.15, 0.2) is 6.61 Å². The third-order valence-corrected chi connectivity index (χ3v) is 3.53. The van der Waals surface area contributed by atoms with Gasteiger partial charge in [-0.25, -0.2) is 0 Å². The van der Waals surface area contributed by atoms with Crippen molar-refractivity contribution in [3.8, 4) is 5.75 Å². The summed E-state index contributed by atoms with van der Waals surface area (Å²) in [5.74, 6) is 2.01. The molecular formula is C14H18BrN3O2. The lowest BCUT2D eigenvalue weighted by atomic mass is 10.1. The van der Waals surface area contributed by atoms with Crippen LogP contribution in [0.2, 0.25) is 0 Å². The predicted octanol–water partition coefficient (Wildman–Crippen LogP) is 3.25. The van der Waals surface area contributed by atoms with Crippen LogP contribution in [0, 0.1) is 0 Å². The fraction of sp³-hybridized carbons (Fsp3) is 0.429. The number of hydrogen-bond acceptors (Lipinski definition) is 5. The van der Waals surface area contributed by atoms with E-state index in [1.54, 1.807) is 0 Å². The molecule has 1 atom stereocenters. The Morgan fingerprint density at radius 1 is 1.45 bits per heavy atom. The summed E-state index contributed by atoms with van der Waals surface area (Å²) >= 11 is 3.48. The SMILES string of the molecule is CCc1nc(COc2ccc(Br)cc2C(C)NC)no1. The van der Waals surface area contributed by atoms with E-state index in [1.807, 2.05) is 32.2 Å². The minimum atomic E-state index is 0.193. The molecule has 2 aromatic rings. The largest absolute Gasteiger partial charge is 0.485 e. The Morgan fingerprint density at radius 2 is 2.25 bits per heavy atom. The molecule has 0 saturated carbocycles. The van der Waals surface area contributed by atoms with Crippen molar-refractivity contribution in [1.29, 1.82) is 0 Å². The fourth-order valence-electron chi connectivity index (χ4n) is 1.78. The zero-order valence-corrected chi connectivity index (χ0v) is 13.4. The molecule has 0 radical (unpaired) electrons. The number of halogens is 1. The first-order valence-corrected chi connectivity index (χ1v) is 7.34. The van der Waals surface area contributed by atoms with Gasteiger partial charge in [-0.1, -0.05) is 28.0 Å². The van der Waals surface area contributed by atoms with Crippen molar-refractivity contribution in [3.63, 3.8) is 0 Å². The molecule has 0 bridgehead atoms. The highest BCUT2D eigenvalue weighted by molar-refractivity contribution is 9.10. The van der Waals surface area contributed by atoms with Gasteiger partial charge in [-0.2, -0.15) is 4.98 Å². The van der Waals surface area contributed by atoms with Gasteiger partial charge < -0.3 is 14.6 Å². The number of aryl methyl sites for hydroxylation is 1. The van der Waals surface area contributed by atoms with Gasteiger partial charge in [-0.05, 0) is 32.2 Å². The summed E-state index contributed by atoms with van der Waals surface area (Å²) in [5, 5.41) is 7.09. The highest BCUT2D eigenvalue weighted by atomic mass is 79.9. The monoisotopic (exact) mass is 339 g/mol. The molecule has 1 heterocycles.